The average Bonchev–Trinajstić information content (AvgIpc) is 2.65. The van der Waals surface area contributed by atoms with Crippen LogP contribution in [0.2, 0.25) is 5.02 Å². The molecule has 0 aromatic carbocycles. The summed E-state index contributed by atoms with van der Waals surface area (Å²) < 4.78 is 1.90. The third-order valence-corrected chi connectivity index (χ3v) is 3.02. The summed E-state index contributed by atoms with van der Waals surface area (Å²) in [6, 6.07) is -0.512. The molecule has 0 saturated carbocycles. The maximum atomic E-state index is 10.5. The van der Waals surface area contributed by atoms with Crippen LogP contribution in [0.4, 0.5) is 4.79 Å². The Balaban J connectivity index is 2.50. The zero-order chi connectivity index (χ0) is 13.5. The monoisotopic (exact) mass is 273 g/mol. The maximum absolute atomic E-state index is 10.5. The summed E-state index contributed by atoms with van der Waals surface area (Å²) in [6.45, 7) is 6.60. The van der Waals surface area contributed by atoms with Gasteiger partial charge >= 0.3 is 6.03 Å². The number of aromatic nitrogens is 2. The minimum absolute atomic E-state index is 0.494. The van der Waals surface area contributed by atoms with Crippen molar-refractivity contribution in [1.82, 2.24) is 20.4 Å². The fraction of sp³-hybridized carbons (Fsp3) is 0.636. The second-order valence-corrected chi connectivity index (χ2v) is 4.22. The zero-order valence-electron chi connectivity index (χ0n) is 10.8. The molecule has 4 N–H and O–H groups in total. The van der Waals surface area contributed by atoms with Crippen molar-refractivity contribution in [3.8, 4) is 0 Å². The first-order valence-electron chi connectivity index (χ1n) is 6.08. The lowest BCUT2D eigenvalue weighted by Gasteiger charge is -2.07. The van der Waals surface area contributed by atoms with Gasteiger partial charge in [0, 0.05) is 26.2 Å². The summed E-state index contributed by atoms with van der Waals surface area (Å²) in [6.07, 6.45) is 0.821. The van der Waals surface area contributed by atoms with Gasteiger partial charge in [0.2, 0.25) is 0 Å². The van der Waals surface area contributed by atoms with E-state index in [1.54, 1.807) is 0 Å². The molecule has 7 heteroatoms. The van der Waals surface area contributed by atoms with Crippen LogP contribution in [0.3, 0.4) is 0 Å². The van der Waals surface area contributed by atoms with E-state index in [2.05, 4.69) is 15.7 Å². The smallest absolute Gasteiger partial charge is 0.312 e. The molecule has 1 aromatic heterocycles. The fourth-order valence-corrected chi connectivity index (χ4v) is 2.00. The quantitative estimate of drug-likeness (QED) is 0.645. The van der Waals surface area contributed by atoms with Crippen molar-refractivity contribution in [2.75, 3.05) is 13.1 Å². The molecule has 102 valence electrons. The topological polar surface area (TPSA) is 85.0 Å². The summed E-state index contributed by atoms with van der Waals surface area (Å²) in [5.74, 6) is 0. The van der Waals surface area contributed by atoms with Gasteiger partial charge in [0.25, 0.3) is 0 Å². The summed E-state index contributed by atoms with van der Waals surface area (Å²) >= 11 is 6.26. The van der Waals surface area contributed by atoms with Crippen molar-refractivity contribution < 1.29 is 4.79 Å². The standard InChI is InChI=1S/C11H20ClN5O/c1-3-8-10(12)9(17(4-2)16-8)7-14-5-6-15-11(13)18/h14H,3-7H2,1-2H3,(H3,13,15,18). The fourth-order valence-electron chi connectivity index (χ4n) is 1.67. The first-order chi connectivity index (χ1) is 8.60. The van der Waals surface area contributed by atoms with Crippen LogP contribution in [0.5, 0.6) is 0 Å². The Morgan fingerprint density at radius 3 is 2.72 bits per heavy atom. The molecule has 0 spiro atoms. The van der Waals surface area contributed by atoms with E-state index in [1.807, 2.05) is 18.5 Å². The number of nitrogens with zero attached hydrogens (tertiary/aromatic N) is 2. The predicted molar refractivity (Wildman–Crippen MR) is 71.6 cm³/mol. The van der Waals surface area contributed by atoms with Gasteiger partial charge in [-0.1, -0.05) is 18.5 Å². The van der Waals surface area contributed by atoms with Gasteiger partial charge < -0.3 is 16.4 Å². The number of rotatable bonds is 7. The number of nitrogens with two attached hydrogens (primary N) is 1. The molecular weight excluding hydrogens is 254 g/mol. The summed E-state index contributed by atoms with van der Waals surface area (Å²) in [5, 5.41) is 10.9. The molecule has 0 bridgehead atoms. The predicted octanol–water partition coefficient (Wildman–Crippen LogP) is 0.877. The van der Waals surface area contributed by atoms with Crippen molar-refractivity contribution in [3.05, 3.63) is 16.4 Å². The highest BCUT2D eigenvalue weighted by Crippen LogP contribution is 2.21. The van der Waals surface area contributed by atoms with Crippen molar-refractivity contribution >= 4 is 17.6 Å². The first-order valence-corrected chi connectivity index (χ1v) is 6.46. The van der Waals surface area contributed by atoms with Crippen LogP contribution in [0.1, 0.15) is 25.2 Å². The highest BCUT2D eigenvalue weighted by molar-refractivity contribution is 6.31. The van der Waals surface area contributed by atoms with E-state index in [0.717, 1.165) is 29.4 Å². The lowest BCUT2D eigenvalue weighted by Crippen LogP contribution is -2.35. The molecular formula is C11H20ClN5O. The Labute approximate surface area is 112 Å². The van der Waals surface area contributed by atoms with Crippen LogP contribution >= 0.6 is 11.6 Å². The van der Waals surface area contributed by atoms with Crippen molar-refractivity contribution in [3.63, 3.8) is 0 Å². The normalized spacial score (nSPS) is 10.6. The number of urea groups is 1. The number of aryl methyl sites for hydroxylation is 2. The number of carbonyl (C=O) groups excluding carboxylic acids is 1. The Kier molecular flexibility index (Phi) is 5.94. The summed E-state index contributed by atoms with van der Waals surface area (Å²) in [5.41, 5.74) is 6.87. The van der Waals surface area contributed by atoms with E-state index in [9.17, 15) is 4.79 Å². The number of halogens is 1. The molecule has 2 amide bonds. The highest BCUT2D eigenvalue weighted by atomic mass is 35.5. The molecule has 0 aliphatic carbocycles. The van der Waals surface area contributed by atoms with Crippen LogP contribution in [0.25, 0.3) is 0 Å². The van der Waals surface area contributed by atoms with Crippen LogP contribution in [0, 0.1) is 0 Å². The third kappa shape index (κ3) is 3.89. The SMILES string of the molecule is CCc1nn(CC)c(CNCCNC(N)=O)c1Cl. The minimum Gasteiger partial charge on any atom is -0.352 e. The van der Waals surface area contributed by atoms with Gasteiger partial charge in [-0.05, 0) is 13.3 Å². The number of primary amides is 1. The zero-order valence-corrected chi connectivity index (χ0v) is 11.5. The minimum atomic E-state index is -0.512. The molecule has 0 saturated heterocycles. The van der Waals surface area contributed by atoms with E-state index in [1.165, 1.54) is 0 Å². The number of hydrogen-bond acceptors (Lipinski definition) is 3. The molecule has 0 aliphatic rings. The highest BCUT2D eigenvalue weighted by Gasteiger charge is 2.13. The molecule has 0 unspecified atom stereocenters. The summed E-state index contributed by atoms with van der Waals surface area (Å²) in [4.78, 5) is 10.5. The van der Waals surface area contributed by atoms with E-state index < -0.39 is 6.03 Å². The summed E-state index contributed by atoms with van der Waals surface area (Å²) in [7, 11) is 0. The molecule has 0 fully saturated rings. The molecule has 6 nitrogen and oxygen atoms in total. The largest absolute Gasteiger partial charge is 0.352 e. The number of amides is 2. The van der Waals surface area contributed by atoms with Gasteiger partial charge in [0.15, 0.2) is 0 Å². The van der Waals surface area contributed by atoms with Crippen molar-refractivity contribution in [2.45, 2.75) is 33.4 Å². The van der Waals surface area contributed by atoms with E-state index >= 15 is 0 Å². The van der Waals surface area contributed by atoms with Crippen molar-refractivity contribution in [2.24, 2.45) is 5.73 Å². The number of carbonyl (C=O) groups is 1. The first kappa shape index (κ1) is 14.8. The lowest BCUT2D eigenvalue weighted by atomic mass is 10.3. The Bertz CT molecular complexity index is 404. The van der Waals surface area contributed by atoms with Crippen LogP contribution in [0.15, 0.2) is 0 Å². The van der Waals surface area contributed by atoms with E-state index in [-0.39, 0.29) is 0 Å². The average molecular weight is 274 g/mol. The molecule has 0 radical (unpaired) electrons. The Morgan fingerprint density at radius 2 is 2.17 bits per heavy atom. The molecule has 0 atom stereocenters. The molecule has 1 heterocycles. The van der Waals surface area contributed by atoms with Crippen LogP contribution < -0.4 is 16.4 Å². The second-order valence-electron chi connectivity index (χ2n) is 3.84. The van der Waals surface area contributed by atoms with Gasteiger partial charge in [0.1, 0.15) is 0 Å². The molecule has 0 aliphatic heterocycles. The number of hydrogen-bond donors (Lipinski definition) is 3. The second kappa shape index (κ2) is 7.23. The van der Waals surface area contributed by atoms with E-state index in [4.69, 9.17) is 17.3 Å². The molecule has 1 aromatic rings. The van der Waals surface area contributed by atoms with Gasteiger partial charge in [-0.2, -0.15) is 5.10 Å². The lowest BCUT2D eigenvalue weighted by molar-refractivity contribution is 0.249. The van der Waals surface area contributed by atoms with Gasteiger partial charge in [-0.15, -0.1) is 0 Å². The Morgan fingerprint density at radius 1 is 1.44 bits per heavy atom. The number of nitrogens with one attached hydrogen (secondary N) is 2. The van der Waals surface area contributed by atoms with Crippen molar-refractivity contribution in [1.29, 1.82) is 0 Å². The molecule has 1 rings (SSSR count). The van der Waals surface area contributed by atoms with Gasteiger partial charge in [-0.3, -0.25) is 4.68 Å². The van der Waals surface area contributed by atoms with Crippen LogP contribution in [-0.4, -0.2) is 28.9 Å². The molecule has 18 heavy (non-hydrogen) atoms. The van der Waals surface area contributed by atoms with E-state index in [0.29, 0.717) is 19.6 Å². The van der Waals surface area contributed by atoms with Gasteiger partial charge in [0.05, 0.1) is 16.4 Å². The Hall–Kier alpha value is -1.27. The van der Waals surface area contributed by atoms with Crippen LogP contribution in [-0.2, 0) is 19.5 Å². The maximum Gasteiger partial charge on any atom is 0.312 e. The van der Waals surface area contributed by atoms with Gasteiger partial charge in [-0.25, -0.2) is 4.79 Å². The third-order valence-electron chi connectivity index (χ3n) is 2.59.